The van der Waals surface area contributed by atoms with Crippen molar-refractivity contribution in [3.05, 3.63) is 11.6 Å². The Labute approximate surface area is 102 Å². The Bertz CT molecular complexity index is 270. The molecule has 0 atom stereocenters. The normalized spacial score (nSPS) is 20.6. The fraction of sp³-hybridized carbons (Fsp3) is 0.750. The summed E-state index contributed by atoms with van der Waals surface area (Å²) in [5.41, 5.74) is 0.0456. The Hall–Kier alpha value is -0.480. The van der Waals surface area contributed by atoms with Crippen LogP contribution >= 0.6 is 11.8 Å². The van der Waals surface area contributed by atoms with Gasteiger partial charge in [0, 0.05) is 12.1 Å². The second-order valence-corrected chi connectivity index (χ2v) is 5.54. The maximum absolute atomic E-state index is 11.6. The molecule has 1 fully saturated rings. The van der Waals surface area contributed by atoms with Crippen LogP contribution in [0.1, 0.15) is 33.1 Å². The summed E-state index contributed by atoms with van der Waals surface area (Å²) in [6, 6.07) is 0. The fourth-order valence-corrected chi connectivity index (χ4v) is 2.96. The molecular weight excluding hydrogens is 222 g/mol. The van der Waals surface area contributed by atoms with Crippen LogP contribution in [0.15, 0.2) is 11.6 Å². The van der Waals surface area contributed by atoms with Crippen molar-refractivity contribution >= 4 is 17.7 Å². The summed E-state index contributed by atoms with van der Waals surface area (Å²) in [5, 5.41) is 13.0. The standard InChI is InChI=1S/C12H21NO2S/c1-3-4-10(2)11(14)13-9-12(15)5-7-16-8-6-12/h4,15H,3,5-9H2,1-2H3,(H,13,14)/b10-4+. The molecule has 2 N–H and O–H groups in total. The van der Waals surface area contributed by atoms with E-state index in [-0.39, 0.29) is 5.91 Å². The van der Waals surface area contributed by atoms with Crippen molar-refractivity contribution in [2.45, 2.75) is 38.7 Å². The number of carbonyl (C=O) groups is 1. The highest BCUT2D eigenvalue weighted by Crippen LogP contribution is 2.26. The van der Waals surface area contributed by atoms with E-state index in [1.54, 1.807) is 6.92 Å². The van der Waals surface area contributed by atoms with Crippen molar-refractivity contribution in [3.63, 3.8) is 0 Å². The minimum Gasteiger partial charge on any atom is -0.388 e. The van der Waals surface area contributed by atoms with E-state index in [1.807, 2.05) is 24.8 Å². The zero-order valence-electron chi connectivity index (χ0n) is 10.1. The molecular formula is C12H21NO2S. The van der Waals surface area contributed by atoms with Gasteiger partial charge in [-0.25, -0.2) is 0 Å². The molecule has 0 aromatic rings. The number of hydrogen-bond acceptors (Lipinski definition) is 3. The average Bonchev–Trinajstić information content (AvgIpc) is 2.27. The van der Waals surface area contributed by atoms with Gasteiger partial charge in [-0.15, -0.1) is 0 Å². The fourth-order valence-electron chi connectivity index (χ4n) is 1.71. The van der Waals surface area contributed by atoms with Crippen molar-refractivity contribution in [2.24, 2.45) is 0 Å². The van der Waals surface area contributed by atoms with Gasteiger partial charge >= 0.3 is 0 Å². The first-order valence-electron chi connectivity index (χ1n) is 5.82. The van der Waals surface area contributed by atoms with Crippen LogP contribution in [0, 0.1) is 0 Å². The predicted molar refractivity (Wildman–Crippen MR) is 68.6 cm³/mol. The first-order valence-corrected chi connectivity index (χ1v) is 6.98. The lowest BCUT2D eigenvalue weighted by atomic mass is 9.97. The Kier molecular flexibility index (Phi) is 5.35. The molecule has 0 radical (unpaired) electrons. The van der Waals surface area contributed by atoms with Crippen molar-refractivity contribution < 1.29 is 9.90 Å². The number of carbonyl (C=O) groups excluding carboxylic acids is 1. The number of nitrogens with one attached hydrogen (secondary N) is 1. The number of amides is 1. The summed E-state index contributed by atoms with van der Waals surface area (Å²) >= 11 is 1.86. The summed E-state index contributed by atoms with van der Waals surface area (Å²) < 4.78 is 0. The van der Waals surface area contributed by atoms with Gasteiger partial charge in [0.05, 0.1) is 5.60 Å². The van der Waals surface area contributed by atoms with Crippen molar-refractivity contribution in [1.82, 2.24) is 5.32 Å². The van der Waals surface area contributed by atoms with Gasteiger partial charge < -0.3 is 10.4 Å². The van der Waals surface area contributed by atoms with Gasteiger partial charge in [0.15, 0.2) is 0 Å². The molecule has 1 amide bonds. The second-order valence-electron chi connectivity index (χ2n) is 4.31. The van der Waals surface area contributed by atoms with Crippen LogP contribution in [-0.2, 0) is 4.79 Å². The van der Waals surface area contributed by atoms with Gasteiger partial charge in [-0.1, -0.05) is 13.0 Å². The van der Waals surface area contributed by atoms with Crippen LogP contribution in [0.25, 0.3) is 0 Å². The van der Waals surface area contributed by atoms with E-state index in [4.69, 9.17) is 0 Å². The van der Waals surface area contributed by atoms with Crippen LogP contribution in [-0.4, -0.2) is 34.7 Å². The van der Waals surface area contributed by atoms with Gasteiger partial charge in [0.25, 0.3) is 0 Å². The van der Waals surface area contributed by atoms with E-state index in [0.29, 0.717) is 6.54 Å². The third-order valence-corrected chi connectivity index (χ3v) is 3.86. The summed E-state index contributed by atoms with van der Waals surface area (Å²) in [6.07, 6.45) is 4.30. The Morgan fingerprint density at radius 1 is 1.50 bits per heavy atom. The third-order valence-electron chi connectivity index (χ3n) is 2.87. The Morgan fingerprint density at radius 3 is 2.69 bits per heavy atom. The number of thioether (sulfide) groups is 1. The lowest BCUT2D eigenvalue weighted by molar-refractivity contribution is -0.118. The molecule has 1 heterocycles. The van der Waals surface area contributed by atoms with Crippen LogP contribution < -0.4 is 5.32 Å². The molecule has 0 aliphatic carbocycles. The zero-order valence-corrected chi connectivity index (χ0v) is 10.9. The Morgan fingerprint density at radius 2 is 2.12 bits per heavy atom. The van der Waals surface area contributed by atoms with Crippen molar-refractivity contribution in [1.29, 1.82) is 0 Å². The Balaban J connectivity index is 2.38. The van der Waals surface area contributed by atoms with Crippen LogP contribution in [0.4, 0.5) is 0 Å². The smallest absolute Gasteiger partial charge is 0.246 e. The minimum atomic E-state index is -0.687. The largest absolute Gasteiger partial charge is 0.388 e. The van der Waals surface area contributed by atoms with Crippen LogP contribution in [0.3, 0.4) is 0 Å². The quantitative estimate of drug-likeness (QED) is 0.739. The molecule has 1 rings (SSSR count). The van der Waals surface area contributed by atoms with E-state index in [2.05, 4.69) is 5.32 Å². The molecule has 3 nitrogen and oxygen atoms in total. The van der Waals surface area contributed by atoms with Crippen molar-refractivity contribution in [3.8, 4) is 0 Å². The van der Waals surface area contributed by atoms with Crippen molar-refractivity contribution in [2.75, 3.05) is 18.1 Å². The minimum absolute atomic E-state index is 0.0616. The third kappa shape index (κ3) is 4.18. The number of rotatable bonds is 4. The number of allylic oxidation sites excluding steroid dienone is 1. The molecule has 0 aromatic heterocycles. The molecule has 0 bridgehead atoms. The lowest BCUT2D eigenvalue weighted by Crippen LogP contribution is -2.45. The van der Waals surface area contributed by atoms with Gasteiger partial charge in [-0.05, 0) is 37.7 Å². The van der Waals surface area contributed by atoms with E-state index >= 15 is 0 Å². The van der Waals surface area contributed by atoms with E-state index in [0.717, 1.165) is 36.3 Å². The molecule has 0 spiro atoms. The molecule has 1 aliphatic heterocycles. The van der Waals surface area contributed by atoms with Gasteiger partial charge in [-0.3, -0.25) is 4.79 Å². The number of aliphatic hydroxyl groups is 1. The molecule has 4 heteroatoms. The van der Waals surface area contributed by atoms with Gasteiger partial charge in [0.2, 0.25) is 5.91 Å². The maximum atomic E-state index is 11.6. The van der Waals surface area contributed by atoms with E-state index < -0.39 is 5.60 Å². The molecule has 0 unspecified atom stereocenters. The van der Waals surface area contributed by atoms with Crippen LogP contribution in [0.5, 0.6) is 0 Å². The predicted octanol–water partition coefficient (Wildman–Crippen LogP) is 1.72. The highest BCUT2D eigenvalue weighted by atomic mass is 32.2. The summed E-state index contributed by atoms with van der Waals surface area (Å²) in [6.45, 7) is 4.18. The van der Waals surface area contributed by atoms with Gasteiger partial charge in [-0.2, -0.15) is 11.8 Å². The summed E-state index contributed by atoms with van der Waals surface area (Å²) in [5.74, 6) is 1.90. The molecule has 1 aliphatic rings. The average molecular weight is 243 g/mol. The highest BCUT2D eigenvalue weighted by molar-refractivity contribution is 7.99. The first kappa shape index (κ1) is 13.6. The van der Waals surface area contributed by atoms with Crippen LogP contribution in [0.2, 0.25) is 0 Å². The van der Waals surface area contributed by atoms with E-state index in [1.165, 1.54) is 0 Å². The van der Waals surface area contributed by atoms with Gasteiger partial charge in [0.1, 0.15) is 0 Å². The monoisotopic (exact) mass is 243 g/mol. The molecule has 92 valence electrons. The maximum Gasteiger partial charge on any atom is 0.246 e. The molecule has 16 heavy (non-hydrogen) atoms. The summed E-state index contributed by atoms with van der Waals surface area (Å²) in [7, 11) is 0. The molecule has 1 saturated heterocycles. The molecule has 0 saturated carbocycles. The zero-order chi connectivity index (χ0) is 12.0. The second kappa shape index (κ2) is 6.30. The topological polar surface area (TPSA) is 49.3 Å². The first-order chi connectivity index (χ1) is 7.57. The lowest BCUT2D eigenvalue weighted by Gasteiger charge is -2.31. The summed E-state index contributed by atoms with van der Waals surface area (Å²) in [4.78, 5) is 11.6. The SMILES string of the molecule is CC/C=C(\C)C(=O)NCC1(O)CCSCC1. The molecule has 0 aromatic carbocycles. The van der Waals surface area contributed by atoms with E-state index in [9.17, 15) is 9.90 Å². The highest BCUT2D eigenvalue weighted by Gasteiger charge is 2.29. The number of hydrogen-bond donors (Lipinski definition) is 2.